The Hall–Kier alpha value is -1.53. The second kappa shape index (κ2) is 3.92. The Morgan fingerprint density at radius 2 is 2.13 bits per heavy atom. The van der Waals surface area contributed by atoms with E-state index in [1.807, 2.05) is 0 Å². The number of nitrogens with zero attached hydrogens (tertiary/aromatic N) is 1. The van der Waals surface area contributed by atoms with Gasteiger partial charge in [0, 0.05) is 11.6 Å². The van der Waals surface area contributed by atoms with E-state index in [2.05, 4.69) is 4.84 Å². The molecule has 0 atom stereocenters. The van der Waals surface area contributed by atoms with E-state index >= 15 is 0 Å². The van der Waals surface area contributed by atoms with E-state index in [-0.39, 0.29) is 5.56 Å². The molecule has 6 heteroatoms. The van der Waals surface area contributed by atoms with E-state index in [0.29, 0.717) is 0 Å². The molecule has 5 nitrogen and oxygen atoms in total. The minimum atomic E-state index is -1.10. The second-order valence-electron chi connectivity index (χ2n) is 3.52. The molecule has 0 amide bonds. The highest BCUT2D eigenvalue weighted by molar-refractivity contribution is 5.39. The van der Waals surface area contributed by atoms with E-state index in [9.17, 15) is 14.5 Å². The van der Waals surface area contributed by atoms with Gasteiger partial charge in [-0.15, -0.1) is 0 Å². The van der Waals surface area contributed by atoms with Crippen molar-refractivity contribution >= 4 is 5.69 Å². The Labute approximate surface area is 85.8 Å². The maximum atomic E-state index is 13.6. The number of hydrogen-bond acceptors (Lipinski definition) is 4. The van der Waals surface area contributed by atoms with Crippen LogP contribution in [0.5, 0.6) is 0 Å². The van der Waals surface area contributed by atoms with Gasteiger partial charge in [0.1, 0.15) is 5.60 Å². The Morgan fingerprint density at radius 3 is 2.60 bits per heavy atom. The summed E-state index contributed by atoms with van der Waals surface area (Å²) in [4.78, 5) is 14.3. The quantitative estimate of drug-likeness (QED) is 0.615. The molecule has 15 heavy (non-hydrogen) atoms. The first-order chi connectivity index (χ1) is 6.90. The van der Waals surface area contributed by atoms with Crippen LogP contribution >= 0.6 is 0 Å². The molecule has 0 saturated heterocycles. The lowest BCUT2D eigenvalue weighted by atomic mass is 9.97. The first-order valence-corrected chi connectivity index (χ1v) is 4.21. The van der Waals surface area contributed by atoms with Crippen molar-refractivity contribution in [2.75, 3.05) is 0 Å². The summed E-state index contributed by atoms with van der Waals surface area (Å²) in [6.07, 6.45) is 0. The Kier molecular flexibility index (Phi) is 3.01. The Balaban J connectivity index is 3.33. The van der Waals surface area contributed by atoms with Crippen molar-refractivity contribution < 1.29 is 14.2 Å². The van der Waals surface area contributed by atoms with Gasteiger partial charge in [0.15, 0.2) is 0 Å². The SMILES string of the molecule is CC(C)(ON)c1cccc([N+](=O)[O-])c1F. The smallest absolute Gasteiger partial charge is 0.294 e. The van der Waals surface area contributed by atoms with Gasteiger partial charge in [0.2, 0.25) is 5.82 Å². The highest BCUT2D eigenvalue weighted by Gasteiger charge is 2.29. The van der Waals surface area contributed by atoms with Crippen LogP contribution in [0.1, 0.15) is 19.4 Å². The predicted octanol–water partition coefficient (Wildman–Crippen LogP) is 1.86. The van der Waals surface area contributed by atoms with Gasteiger partial charge >= 0.3 is 5.69 Å². The van der Waals surface area contributed by atoms with Crippen molar-refractivity contribution in [3.05, 3.63) is 39.7 Å². The zero-order valence-corrected chi connectivity index (χ0v) is 8.36. The predicted molar refractivity (Wildman–Crippen MR) is 51.4 cm³/mol. The molecular weight excluding hydrogens is 203 g/mol. The molecule has 0 aliphatic rings. The fourth-order valence-corrected chi connectivity index (χ4v) is 1.19. The maximum Gasteiger partial charge on any atom is 0.305 e. The molecule has 0 aromatic heterocycles. The summed E-state index contributed by atoms with van der Waals surface area (Å²) in [5.74, 6) is 4.08. The summed E-state index contributed by atoms with van der Waals surface area (Å²) >= 11 is 0. The topological polar surface area (TPSA) is 78.4 Å². The normalized spacial score (nSPS) is 11.5. The van der Waals surface area contributed by atoms with E-state index in [4.69, 9.17) is 5.90 Å². The van der Waals surface area contributed by atoms with Gasteiger partial charge in [-0.1, -0.05) is 12.1 Å². The van der Waals surface area contributed by atoms with Crippen LogP contribution in [0.3, 0.4) is 0 Å². The monoisotopic (exact) mass is 214 g/mol. The average molecular weight is 214 g/mol. The molecule has 0 heterocycles. The van der Waals surface area contributed by atoms with Crippen LogP contribution in [-0.2, 0) is 10.4 Å². The molecule has 0 radical (unpaired) electrons. The molecule has 0 saturated carbocycles. The number of nitro groups is 1. The first-order valence-electron chi connectivity index (χ1n) is 4.21. The third kappa shape index (κ3) is 2.11. The lowest BCUT2D eigenvalue weighted by molar-refractivity contribution is -0.387. The molecule has 0 bridgehead atoms. The van der Waals surface area contributed by atoms with Crippen molar-refractivity contribution in [1.29, 1.82) is 0 Å². The molecule has 2 N–H and O–H groups in total. The van der Waals surface area contributed by atoms with Crippen LogP contribution in [-0.4, -0.2) is 4.92 Å². The van der Waals surface area contributed by atoms with Gasteiger partial charge in [0.25, 0.3) is 0 Å². The molecular formula is C9H11FN2O3. The van der Waals surface area contributed by atoms with Crippen molar-refractivity contribution in [2.24, 2.45) is 5.90 Å². The van der Waals surface area contributed by atoms with Gasteiger partial charge in [-0.2, -0.15) is 4.39 Å². The molecule has 0 aliphatic carbocycles. The van der Waals surface area contributed by atoms with Gasteiger partial charge in [-0.05, 0) is 13.8 Å². The van der Waals surface area contributed by atoms with Crippen LogP contribution in [0.4, 0.5) is 10.1 Å². The minimum absolute atomic E-state index is 0.0548. The van der Waals surface area contributed by atoms with E-state index < -0.39 is 22.0 Å². The first kappa shape index (κ1) is 11.5. The zero-order chi connectivity index (χ0) is 11.6. The van der Waals surface area contributed by atoms with Crippen molar-refractivity contribution in [3.63, 3.8) is 0 Å². The third-order valence-electron chi connectivity index (χ3n) is 2.12. The molecule has 1 aromatic carbocycles. The van der Waals surface area contributed by atoms with Gasteiger partial charge in [-0.25, -0.2) is 5.90 Å². The lowest BCUT2D eigenvalue weighted by Gasteiger charge is -2.22. The minimum Gasteiger partial charge on any atom is -0.294 e. The second-order valence-corrected chi connectivity index (χ2v) is 3.52. The highest BCUT2D eigenvalue weighted by atomic mass is 19.1. The third-order valence-corrected chi connectivity index (χ3v) is 2.12. The molecule has 0 spiro atoms. The fraction of sp³-hybridized carbons (Fsp3) is 0.333. The van der Waals surface area contributed by atoms with Crippen LogP contribution in [0.2, 0.25) is 0 Å². The number of nitro benzene ring substituents is 1. The fourth-order valence-electron chi connectivity index (χ4n) is 1.19. The molecule has 1 rings (SSSR count). The Bertz CT molecular complexity index is 393. The molecule has 82 valence electrons. The molecule has 0 unspecified atom stereocenters. The molecule has 0 fully saturated rings. The largest absolute Gasteiger partial charge is 0.305 e. The summed E-state index contributed by atoms with van der Waals surface area (Å²) in [6.45, 7) is 3.05. The zero-order valence-electron chi connectivity index (χ0n) is 8.36. The van der Waals surface area contributed by atoms with E-state index in [0.717, 1.165) is 6.07 Å². The summed E-state index contributed by atoms with van der Waals surface area (Å²) in [5.41, 5.74) is -1.63. The van der Waals surface area contributed by atoms with Crippen molar-refractivity contribution in [2.45, 2.75) is 19.4 Å². The number of rotatable bonds is 3. The van der Waals surface area contributed by atoms with Crippen LogP contribution < -0.4 is 5.90 Å². The Morgan fingerprint density at radius 1 is 1.53 bits per heavy atom. The van der Waals surface area contributed by atoms with E-state index in [1.165, 1.54) is 26.0 Å². The van der Waals surface area contributed by atoms with Crippen LogP contribution in [0.25, 0.3) is 0 Å². The van der Waals surface area contributed by atoms with Crippen molar-refractivity contribution in [1.82, 2.24) is 0 Å². The number of halogens is 1. The lowest BCUT2D eigenvalue weighted by Crippen LogP contribution is -2.26. The molecule has 0 aliphatic heterocycles. The van der Waals surface area contributed by atoms with Crippen LogP contribution in [0, 0.1) is 15.9 Å². The van der Waals surface area contributed by atoms with Gasteiger partial charge in [-0.3, -0.25) is 15.0 Å². The summed E-state index contributed by atoms with van der Waals surface area (Å²) in [7, 11) is 0. The summed E-state index contributed by atoms with van der Waals surface area (Å²) in [6, 6.07) is 3.87. The molecule has 1 aromatic rings. The highest BCUT2D eigenvalue weighted by Crippen LogP contribution is 2.30. The van der Waals surface area contributed by atoms with Crippen LogP contribution in [0.15, 0.2) is 18.2 Å². The van der Waals surface area contributed by atoms with E-state index in [1.54, 1.807) is 0 Å². The van der Waals surface area contributed by atoms with Gasteiger partial charge in [0.05, 0.1) is 4.92 Å². The maximum absolute atomic E-state index is 13.6. The summed E-state index contributed by atoms with van der Waals surface area (Å²) in [5, 5.41) is 10.5. The average Bonchev–Trinajstić information content (AvgIpc) is 2.17. The number of hydrogen-bond donors (Lipinski definition) is 1. The standard InChI is InChI=1S/C9H11FN2O3/c1-9(2,15-11)6-4-3-5-7(8(6)10)12(13)14/h3-5H,11H2,1-2H3. The number of benzene rings is 1. The van der Waals surface area contributed by atoms with Gasteiger partial charge < -0.3 is 0 Å². The van der Waals surface area contributed by atoms with Crippen molar-refractivity contribution in [3.8, 4) is 0 Å². The number of nitrogens with two attached hydrogens (primary N) is 1. The summed E-state index contributed by atoms with van der Waals surface area (Å²) < 4.78 is 13.6.